The van der Waals surface area contributed by atoms with Gasteiger partial charge in [0.25, 0.3) is 0 Å². The van der Waals surface area contributed by atoms with E-state index in [2.05, 4.69) is 15.1 Å². The van der Waals surface area contributed by atoms with Crippen molar-refractivity contribution in [2.45, 2.75) is 19.3 Å². The average Bonchev–Trinajstić information content (AvgIpc) is 3.01. The van der Waals surface area contributed by atoms with Gasteiger partial charge in [0.2, 0.25) is 5.91 Å². The molecule has 1 aromatic rings. The molecule has 0 spiro atoms. The van der Waals surface area contributed by atoms with Gasteiger partial charge in [0.15, 0.2) is 0 Å². The quantitative estimate of drug-likeness (QED) is 0.879. The lowest BCUT2D eigenvalue weighted by Gasteiger charge is -2.35. The fourth-order valence-corrected chi connectivity index (χ4v) is 3.22. The second kappa shape index (κ2) is 7.04. The lowest BCUT2D eigenvalue weighted by molar-refractivity contribution is -0.135. The molecule has 1 amide bonds. The summed E-state index contributed by atoms with van der Waals surface area (Å²) in [6.07, 6.45) is 5.08. The topological polar surface area (TPSA) is 61.5 Å². The number of hydrogen-bond acceptors (Lipinski definition) is 4. The SMILES string of the molecule is O=C(CN1CCOCC1)N1CCCC(Cc2ccn[nH]2)C1. The summed E-state index contributed by atoms with van der Waals surface area (Å²) in [6, 6.07) is 2.02. The van der Waals surface area contributed by atoms with Crippen molar-refractivity contribution in [2.24, 2.45) is 5.92 Å². The van der Waals surface area contributed by atoms with E-state index < -0.39 is 0 Å². The van der Waals surface area contributed by atoms with E-state index in [1.54, 1.807) is 6.20 Å². The number of H-pyrrole nitrogens is 1. The molecule has 0 bridgehead atoms. The molecule has 1 atom stereocenters. The summed E-state index contributed by atoms with van der Waals surface area (Å²) in [4.78, 5) is 16.7. The Morgan fingerprint density at radius 2 is 2.24 bits per heavy atom. The first-order chi connectivity index (χ1) is 10.3. The molecule has 6 nitrogen and oxygen atoms in total. The molecule has 6 heteroatoms. The van der Waals surface area contributed by atoms with Gasteiger partial charge in [-0.25, -0.2) is 0 Å². The zero-order chi connectivity index (χ0) is 14.5. The van der Waals surface area contributed by atoms with Gasteiger partial charge < -0.3 is 9.64 Å². The predicted octanol–water partition coefficient (Wildman–Crippen LogP) is 0.523. The zero-order valence-electron chi connectivity index (χ0n) is 12.5. The van der Waals surface area contributed by atoms with Crippen LogP contribution in [0.4, 0.5) is 0 Å². The van der Waals surface area contributed by atoms with Crippen LogP contribution in [0, 0.1) is 5.92 Å². The zero-order valence-corrected chi connectivity index (χ0v) is 12.5. The third kappa shape index (κ3) is 4.04. The van der Waals surface area contributed by atoms with Gasteiger partial charge in [0, 0.05) is 38.1 Å². The van der Waals surface area contributed by atoms with Crippen LogP contribution in [-0.2, 0) is 16.0 Å². The number of aromatic amines is 1. The molecular weight excluding hydrogens is 268 g/mol. The normalized spacial score (nSPS) is 24.2. The summed E-state index contributed by atoms with van der Waals surface area (Å²) in [5.41, 5.74) is 1.17. The Kier molecular flexibility index (Phi) is 4.87. The minimum Gasteiger partial charge on any atom is -0.379 e. The maximum atomic E-state index is 12.4. The Labute approximate surface area is 125 Å². The number of nitrogens with zero attached hydrogens (tertiary/aromatic N) is 3. The molecule has 2 fully saturated rings. The number of morpholine rings is 1. The van der Waals surface area contributed by atoms with E-state index >= 15 is 0 Å². The van der Waals surface area contributed by atoms with E-state index in [9.17, 15) is 4.79 Å². The van der Waals surface area contributed by atoms with Crippen molar-refractivity contribution in [2.75, 3.05) is 45.9 Å². The molecule has 0 radical (unpaired) electrons. The highest BCUT2D eigenvalue weighted by molar-refractivity contribution is 5.78. The second-order valence-electron chi connectivity index (χ2n) is 6.02. The largest absolute Gasteiger partial charge is 0.379 e. The van der Waals surface area contributed by atoms with E-state index in [0.29, 0.717) is 12.5 Å². The standard InChI is InChI=1S/C15H24N4O2/c20-15(12-18-6-8-21-9-7-18)19-5-1-2-13(11-19)10-14-3-4-16-17-14/h3-4,13H,1-2,5-12H2,(H,16,17). The molecule has 21 heavy (non-hydrogen) atoms. The average molecular weight is 292 g/mol. The van der Waals surface area contributed by atoms with Crippen LogP contribution in [0.2, 0.25) is 0 Å². The molecule has 3 heterocycles. The number of rotatable bonds is 4. The first kappa shape index (κ1) is 14.5. The highest BCUT2D eigenvalue weighted by Crippen LogP contribution is 2.20. The Balaban J connectivity index is 1.49. The summed E-state index contributed by atoms with van der Waals surface area (Å²) in [5, 5.41) is 7.01. The lowest BCUT2D eigenvalue weighted by atomic mass is 9.93. The first-order valence-corrected chi connectivity index (χ1v) is 7.87. The summed E-state index contributed by atoms with van der Waals surface area (Å²) < 4.78 is 5.33. The molecule has 2 saturated heterocycles. The summed E-state index contributed by atoms with van der Waals surface area (Å²) in [7, 11) is 0. The molecule has 1 N–H and O–H groups in total. The summed E-state index contributed by atoms with van der Waals surface area (Å²) in [5.74, 6) is 0.819. The fraction of sp³-hybridized carbons (Fsp3) is 0.733. The monoisotopic (exact) mass is 292 g/mol. The number of hydrogen-bond donors (Lipinski definition) is 1. The molecular formula is C15H24N4O2. The number of aromatic nitrogens is 2. The third-order valence-electron chi connectivity index (χ3n) is 4.40. The van der Waals surface area contributed by atoms with E-state index in [1.807, 2.05) is 11.0 Å². The maximum absolute atomic E-state index is 12.4. The minimum absolute atomic E-state index is 0.270. The number of nitrogens with one attached hydrogen (secondary N) is 1. The Morgan fingerprint density at radius 1 is 1.38 bits per heavy atom. The molecule has 3 rings (SSSR count). The van der Waals surface area contributed by atoms with Crippen LogP contribution in [0.5, 0.6) is 0 Å². The van der Waals surface area contributed by atoms with Crippen molar-refractivity contribution in [1.82, 2.24) is 20.0 Å². The van der Waals surface area contributed by atoms with Crippen LogP contribution < -0.4 is 0 Å². The number of amides is 1. The minimum atomic E-state index is 0.270. The van der Waals surface area contributed by atoms with Gasteiger partial charge in [0.05, 0.1) is 19.8 Å². The van der Waals surface area contributed by atoms with E-state index in [4.69, 9.17) is 4.74 Å². The van der Waals surface area contributed by atoms with Gasteiger partial charge in [0.1, 0.15) is 0 Å². The summed E-state index contributed by atoms with van der Waals surface area (Å²) in [6.45, 7) is 5.56. The van der Waals surface area contributed by atoms with Crippen LogP contribution in [0.1, 0.15) is 18.5 Å². The third-order valence-corrected chi connectivity index (χ3v) is 4.40. The molecule has 1 aromatic heterocycles. The lowest BCUT2D eigenvalue weighted by Crippen LogP contribution is -2.47. The van der Waals surface area contributed by atoms with E-state index in [0.717, 1.165) is 52.2 Å². The maximum Gasteiger partial charge on any atom is 0.236 e. The van der Waals surface area contributed by atoms with Gasteiger partial charge in [-0.15, -0.1) is 0 Å². The van der Waals surface area contributed by atoms with Crippen LogP contribution in [-0.4, -0.2) is 71.8 Å². The van der Waals surface area contributed by atoms with Crippen molar-refractivity contribution in [1.29, 1.82) is 0 Å². The van der Waals surface area contributed by atoms with Crippen molar-refractivity contribution in [3.8, 4) is 0 Å². The van der Waals surface area contributed by atoms with Crippen molar-refractivity contribution in [3.05, 3.63) is 18.0 Å². The first-order valence-electron chi connectivity index (χ1n) is 7.87. The van der Waals surface area contributed by atoms with Gasteiger partial charge >= 0.3 is 0 Å². The van der Waals surface area contributed by atoms with Gasteiger partial charge in [-0.2, -0.15) is 5.10 Å². The van der Waals surface area contributed by atoms with Gasteiger partial charge in [-0.1, -0.05) is 0 Å². The molecule has 0 aliphatic carbocycles. The highest BCUT2D eigenvalue weighted by Gasteiger charge is 2.25. The molecule has 116 valence electrons. The number of likely N-dealkylation sites (tertiary alicyclic amines) is 1. The van der Waals surface area contributed by atoms with Gasteiger partial charge in [-0.3, -0.25) is 14.8 Å². The molecule has 2 aliphatic rings. The van der Waals surface area contributed by atoms with Crippen molar-refractivity contribution >= 4 is 5.91 Å². The Morgan fingerprint density at radius 3 is 3.00 bits per heavy atom. The van der Waals surface area contributed by atoms with E-state index in [1.165, 1.54) is 12.1 Å². The highest BCUT2D eigenvalue weighted by atomic mass is 16.5. The van der Waals surface area contributed by atoms with Crippen LogP contribution in [0.25, 0.3) is 0 Å². The van der Waals surface area contributed by atoms with Gasteiger partial charge in [-0.05, 0) is 31.2 Å². The van der Waals surface area contributed by atoms with Crippen LogP contribution in [0.15, 0.2) is 12.3 Å². The van der Waals surface area contributed by atoms with Crippen molar-refractivity contribution < 1.29 is 9.53 Å². The smallest absolute Gasteiger partial charge is 0.236 e. The van der Waals surface area contributed by atoms with Crippen LogP contribution in [0.3, 0.4) is 0 Å². The fourth-order valence-electron chi connectivity index (χ4n) is 3.22. The Bertz CT molecular complexity index is 443. The van der Waals surface area contributed by atoms with Crippen molar-refractivity contribution in [3.63, 3.8) is 0 Å². The summed E-state index contributed by atoms with van der Waals surface area (Å²) >= 11 is 0. The number of ether oxygens (including phenoxy) is 1. The molecule has 0 saturated carbocycles. The second-order valence-corrected chi connectivity index (χ2v) is 6.02. The predicted molar refractivity (Wildman–Crippen MR) is 78.9 cm³/mol. The molecule has 1 unspecified atom stereocenters. The van der Waals surface area contributed by atoms with Crippen LogP contribution >= 0.6 is 0 Å². The molecule has 0 aromatic carbocycles. The number of carbonyl (C=O) groups is 1. The number of carbonyl (C=O) groups excluding carboxylic acids is 1. The Hall–Kier alpha value is -1.40. The number of piperidine rings is 1. The van der Waals surface area contributed by atoms with E-state index in [-0.39, 0.29) is 5.91 Å². The molecule has 2 aliphatic heterocycles.